The Morgan fingerprint density at radius 1 is 1.00 bits per heavy atom. The molecule has 1 fully saturated rings. The highest BCUT2D eigenvalue weighted by atomic mass is 16.5. The zero-order valence-electron chi connectivity index (χ0n) is 23.4. The number of para-hydroxylation sites is 1. The van der Waals surface area contributed by atoms with Crippen LogP contribution in [0.5, 0.6) is 5.75 Å². The second kappa shape index (κ2) is 14.0. The quantitative estimate of drug-likeness (QED) is 0.408. The molecular weight excluding hydrogens is 530 g/mol. The van der Waals surface area contributed by atoms with Crippen LogP contribution < -0.4 is 25.6 Å². The minimum absolute atomic E-state index is 0.00550. The maximum atomic E-state index is 13.8. The zero-order chi connectivity index (χ0) is 29.4. The average Bonchev–Trinajstić information content (AvgIpc) is 2.97. The summed E-state index contributed by atoms with van der Waals surface area (Å²) < 4.78 is 11.3. The number of carbonyl (C=O) groups excluding carboxylic acids is 4. The van der Waals surface area contributed by atoms with E-state index < -0.39 is 24.0 Å². The number of amides is 4. The van der Waals surface area contributed by atoms with Crippen molar-refractivity contribution < 1.29 is 33.8 Å². The first kappa shape index (κ1) is 29.8. The molecule has 2 bridgehead atoms. The third-order valence-corrected chi connectivity index (χ3v) is 6.97. The van der Waals surface area contributed by atoms with Crippen molar-refractivity contribution in [3.8, 4) is 5.75 Å². The lowest BCUT2D eigenvalue weighted by Crippen LogP contribution is -2.53. The van der Waals surface area contributed by atoms with E-state index in [-0.39, 0.29) is 50.2 Å². The number of carbonyl (C=O) groups is 4. The van der Waals surface area contributed by atoms with Crippen LogP contribution in [0.3, 0.4) is 0 Å². The Bertz CT molecular complexity index is 1260. The molecule has 0 spiro atoms. The Morgan fingerprint density at radius 3 is 2.51 bits per heavy atom. The molecular formula is C29H37N5O7. The fourth-order valence-corrected chi connectivity index (χ4v) is 4.69. The van der Waals surface area contributed by atoms with Gasteiger partial charge in [0.1, 0.15) is 18.4 Å². The summed E-state index contributed by atoms with van der Waals surface area (Å²) >= 11 is 0. The highest BCUT2D eigenvalue weighted by Crippen LogP contribution is 2.23. The van der Waals surface area contributed by atoms with Gasteiger partial charge >= 0.3 is 0 Å². The standard InChI is InChI=1S/C29H37N5O7/c1-19-7-8-21-17-24(19)41-14-10-30-25(36)18-34(11-9-31-28(38)26(20(2)35)32-27(21)37)29(39)22-5-3-4-6-23(22)33-12-15-40-16-13-33/h3-8,17,20,26,35H,9-16,18H2,1-2H3,(H,30,36)(H,31,38)(H,32,37)/t20-,26+/m1/s1. The van der Waals surface area contributed by atoms with Crippen LogP contribution in [0.15, 0.2) is 42.5 Å². The van der Waals surface area contributed by atoms with Crippen LogP contribution in [0.1, 0.15) is 33.2 Å². The van der Waals surface area contributed by atoms with Gasteiger partial charge in [0, 0.05) is 37.4 Å². The molecule has 2 heterocycles. The van der Waals surface area contributed by atoms with Gasteiger partial charge in [-0.1, -0.05) is 18.2 Å². The molecule has 2 atom stereocenters. The van der Waals surface area contributed by atoms with Crippen LogP contribution >= 0.6 is 0 Å². The maximum Gasteiger partial charge on any atom is 0.256 e. The van der Waals surface area contributed by atoms with E-state index in [1.165, 1.54) is 11.8 Å². The highest BCUT2D eigenvalue weighted by Gasteiger charge is 2.28. The summed E-state index contributed by atoms with van der Waals surface area (Å²) in [5.74, 6) is -1.47. The maximum absolute atomic E-state index is 13.8. The Hall–Kier alpha value is -4.16. The number of anilines is 1. The summed E-state index contributed by atoms with van der Waals surface area (Å²) in [6.07, 6.45) is -1.19. The highest BCUT2D eigenvalue weighted by molar-refractivity contribution is 6.01. The summed E-state index contributed by atoms with van der Waals surface area (Å²) in [5, 5.41) is 18.3. The number of aliphatic hydroxyl groups is 1. The second-order valence-electron chi connectivity index (χ2n) is 10.0. The minimum atomic E-state index is -1.24. The second-order valence-corrected chi connectivity index (χ2v) is 10.0. The van der Waals surface area contributed by atoms with E-state index in [1.807, 2.05) is 19.1 Å². The van der Waals surface area contributed by atoms with E-state index in [2.05, 4.69) is 20.9 Å². The van der Waals surface area contributed by atoms with Gasteiger partial charge in [-0.3, -0.25) is 19.2 Å². The monoisotopic (exact) mass is 567 g/mol. The van der Waals surface area contributed by atoms with Crippen molar-refractivity contribution in [2.75, 3.05) is 64.0 Å². The molecule has 2 aliphatic rings. The van der Waals surface area contributed by atoms with Crippen LogP contribution in [0.2, 0.25) is 0 Å². The van der Waals surface area contributed by atoms with Crippen molar-refractivity contribution in [1.82, 2.24) is 20.9 Å². The van der Waals surface area contributed by atoms with Crippen molar-refractivity contribution in [3.63, 3.8) is 0 Å². The van der Waals surface area contributed by atoms with Gasteiger partial charge in [-0.25, -0.2) is 0 Å². The van der Waals surface area contributed by atoms with E-state index in [1.54, 1.807) is 30.3 Å². The first-order valence-corrected chi connectivity index (χ1v) is 13.7. The van der Waals surface area contributed by atoms with Crippen molar-refractivity contribution in [1.29, 1.82) is 0 Å². The number of ether oxygens (including phenoxy) is 2. The fourth-order valence-electron chi connectivity index (χ4n) is 4.69. The Morgan fingerprint density at radius 2 is 1.76 bits per heavy atom. The molecule has 2 aromatic carbocycles. The SMILES string of the molecule is Cc1ccc2cc1OCCNC(=O)CN(C(=O)c1ccccc1N1CCOCC1)CCNC(=O)[C@H]([C@@H](C)O)NC2=O. The summed E-state index contributed by atoms with van der Waals surface area (Å²) in [5.41, 5.74) is 2.22. The van der Waals surface area contributed by atoms with Gasteiger partial charge < -0.3 is 40.3 Å². The molecule has 0 saturated carbocycles. The van der Waals surface area contributed by atoms with E-state index >= 15 is 0 Å². The molecule has 4 amide bonds. The molecule has 220 valence electrons. The van der Waals surface area contributed by atoms with Crippen molar-refractivity contribution in [3.05, 3.63) is 59.2 Å². The smallest absolute Gasteiger partial charge is 0.256 e. The zero-order valence-corrected chi connectivity index (χ0v) is 23.4. The van der Waals surface area contributed by atoms with Crippen molar-refractivity contribution >= 4 is 29.3 Å². The molecule has 0 unspecified atom stereocenters. The lowest BCUT2D eigenvalue weighted by atomic mass is 10.1. The summed E-state index contributed by atoms with van der Waals surface area (Å²) in [7, 11) is 0. The lowest BCUT2D eigenvalue weighted by molar-refractivity contribution is -0.125. The van der Waals surface area contributed by atoms with Gasteiger partial charge in [0.15, 0.2) is 0 Å². The van der Waals surface area contributed by atoms with Gasteiger partial charge in [-0.2, -0.15) is 0 Å². The Labute approximate surface area is 239 Å². The van der Waals surface area contributed by atoms with Crippen LogP contribution in [-0.4, -0.2) is 105 Å². The fraction of sp³-hybridized carbons (Fsp3) is 0.448. The Balaban J connectivity index is 1.56. The number of fused-ring (bicyclic) bond motifs is 2. The summed E-state index contributed by atoms with van der Waals surface area (Å²) in [6.45, 7) is 5.69. The molecule has 12 heteroatoms. The first-order valence-electron chi connectivity index (χ1n) is 13.7. The lowest BCUT2D eigenvalue weighted by Gasteiger charge is -2.31. The average molecular weight is 568 g/mol. The number of rotatable bonds is 3. The van der Waals surface area contributed by atoms with E-state index in [0.29, 0.717) is 37.6 Å². The topological polar surface area (TPSA) is 150 Å². The van der Waals surface area contributed by atoms with E-state index in [4.69, 9.17) is 9.47 Å². The molecule has 1 saturated heterocycles. The molecule has 41 heavy (non-hydrogen) atoms. The number of nitrogens with one attached hydrogen (secondary N) is 3. The largest absolute Gasteiger partial charge is 0.491 e. The van der Waals surface area contributed by atoms with Gasteiger partial charge in [0.2, 0.25) is 11.8 Å². The minimum Gasteiger partial charge on any atom is -0.491 e. The number of benzene rings is 2. The molecule has 4 N–H and O–H groups in total. The van der Waals surface area contributed by atoms with Gasteiger partial charge in [-0.15, -0.1) is 0 Å². The molecule has 2 aliphatic heterocycles. The molecule has 0 aliphatic carbocycles. The number of aliphatic hydroxyl groups excluding tert-OH is 1. The van der Waals surface area contributed by atoms with Crippen molar-refractivity contribution in [2.45, 2.75) is 26.0 Å². The van der Waals surface area contributed by atoms with Crippen LogP contribution in [-0.2, 0) is 14.3 Å². The number of hydrogen-bond acceptors (Lipinski definition) is 8. The number of hydrogen-bond donors (Lipinski definition) is 4. The predicted molar refractivity (Wildman–Crippen MR) is 151 cm³/mol. The first-order chi connectivity index (χ1) is 19.7. The van der Waals surface area contributed by atoms with Crippen LogP contribution in [0.4, 0.5) is 5.69 Å². The summed E-state index contributed by atoms with van der Waals surface area (Å²) in [4.78, 5) is 56.0. The molecule has 12 nitrogen and oxygen atoms in total. The normalized spacial score (nSPS) is 20.2. The van der Waals surface area contributed by atoms with Crippen LogP contribution in [0.25, 0.3) is 0 Å². The Kier molecular flexibility index (Phi) is 10.1. The van der Waals surface area contributed by atoms with Gasteiger partial charge in [0.25, 0.3) is 11.8 Å². The predicted octanol–water partition coefficient (Wildman–Crippen LogP) is 0.0780. The molecule has 0 radical (unpaired) electrons. The van der Waals surface area contributed by atoms with Crippen LogP contribution in [0, 0.1) is 6.92 Å². The van der Waals surface area contributed by atoms with E-state index in [9.17, 15) is 24.3 Å². The number of morpholine rings is 1. The number of nitrogens with zero attached hydrogens (tertiary/aromatic N) is 2. The van der Waals surface area contributed by atoms with Gasteiger partial charge in [-0.05, 0) is 43.7 Å². The van der Waals surface area contributed by atoms with Gasteiger partial charge in [0.05, 0.1) is 38.0 Å². The molecule has 2 aromatic rings. The third kappa shape index (κ3) is 7.74. The molecule has 0 aromatic heterocycles. The number of aryl methyl sites for hydroxylation is 1. The van der Waals surface area contributed by atoms with E-state index in [0.717, 1.165) is 11.3 Å². The third-order valence-electron chi connectivity index (χ3n) is 6.97. The van der Waals surface area contributed by atoms with Crippen molar-refractivity contribution in [2.24, 2.45) is 0 Å². The summed E-state index contributed by atoms with van der Waals surface area (Å²) in [6, 6.07) is 10.8. The molecule has 4 rings (SSSR count).